The summed E-state index contributed by atoms with van der Waals surface area (Å²) in [6.45, 7) is 3.39. The summed E-state index contributed by atoms with van der Waals surface area (Å²) in [5.41, 5.74) is 0. The first-order valence-corrected chi connectivity index (χ1v) is 5.59. The van der Waals surface area contributed by atoms with E-state index in [1.54, 1.807) is 0 Å². The fourth-order valence-electron chi connectivity index (χ4n) is 3.07. The van der Waals surface area contributed by atoms with Crippen molar-refractivity contribution in [2.24, 2.45) is 5.92 Å². The normalized spacial score (nSPS) is 35.5. The molecule has 2 fully saturated rings. The summed E-state index contributed by atoms with van der Waals surface area (Å²) in [7, 11) is 1.87. The van der Waals surface area contributed by atoms with Gasteiger partial charge in [0.05, 0.1) is 6.07 Å². The number of likely N-dealkylation sites (N-methyl/N-ethyl adjacent to an activating group) is 1. The molecule has 0 aromatic rings. The molecule has 2 rings (SSSR count). The first kappa shape index (κ1) is 9.95. The summed E-state index contributed by atoms with van der Waals surface area (Å²) in [4.78, 5) is 2.53. The molecule has 3 heteroatoms. The highest BCUT2D eigenvalue weighted by Gasteiger charge is 2.41. The van der Waals surface area contributed by atoms with E-state index >= 15 is 0 Å². The van der Waals surface area contributed by atoms with Gasteiger partial charge >= 0.3 is 0 Å². The van der Waals surface area contributed by atoms with E-state index in [0.29, 0.717) is 6.04 Å². The topological polar surface area (TPSA) is 39.1 Å². The van der Waals surface area contributed by atoms with Gasteiger partial charge in [-0.1, -0.05) is 0 Å². The van der Waals surface area contributed by atoms with E-state index in [9.17, 15) is 0 Å². The van der Waals surface area contributed by atoms with Crippen molar-refractivity contribution in [1.82, 2.24) is 10.2 Å². The van der Waals surface area contributed by atoms with Crippen molar-refractivity contribution in [3.05, 3.63) is 0 Å². The van der Waals surface area contributed by atoms with Gasteiger partial charge in [-0.3, -0.25) is 4.90 Å². The average molecular weight is 193 g/mol. The molecule has 3 nitrogen and oxygen atoms in total. The molecule has 1 heterocycles. The predicted molar refractivity (Wildman–Crippen MR) is 55.8 cm³/mol. The first-order chi connectivity index (χ1) is 6.76. The minimum atomic E-state index is -0.0191. The Hall–Kier alpha value is -0.590. The highest BCUT2D eigenvalue weighted by Crippen LogP contribution is 2.38. The van der Waals surface area contributed by atoms with E-state index < -0.39 is 0 Å². The van der Waals surface area contributed by atoms with Crippen LogP contribution in [0.3, 0.4) is 0 Å². The molecule has 0 aromatic heterocycles. The lowest BCUT2D eigenvalue weighted by molar-refractivity contribution is 0.144. The highest BCUT2D eigenvalue weighted by molar-refractivity contribution is 5.02. The summed E-state index contributed by atoms with van der Waals surface area (Å²) in [5, 5.41) is 12.1. The second-order valence-corrected chi connectivity index (χ2v) is 4.67. The Morgan fingerprint density at radius 1 is 1.50 bits per heavy atom. The molecule has 0 amide bonds. The first-order valence-electron chi connectivity index (χ1n) is 5.59. The van der Waals surface area contributed by atoms with Gasteiger partial charge in [0.25, 0.3) is 0 Å². The molecule has 2 aliphatic rings. The molecule has 2 bridgehead atoms. The zero-order valence-electron chi connectivity index (χ0n) is 9.03. The van der Waals surface area contributed by atoms with Crippen LogP contribution in [-0.2, 0) is 0 Å². The largest absolute Gasteiger partial charge is 0.304 e. The van der Waals surface area contributed by atoms with Gasteiger partial charge in [0, 0.05) is 18.6 Å². The number of nitrogens with zero attached hydrogens (tertiary/aromatic N) is 2. The Balaban J connectivity index is 1.99. The van der Waals surface area contributed by atoms with Crippen LogP contribution in [0.5, 0.6) is 0 Å². The number of likely N-dealkylation sites (tertiary alicyclic amines) is 1. The van der Waals surface area contributed by atoms with Crippen molar-refractivity contribution in [3.63, 3.8) is 0 Å². The van der Waals surface area contributed by atoms with E-state index in [0.717, 1.165) is 12.0 Å². The quantitative estimate of drug-likeness (QED) is 0.726. The molecule has 0 aromatic carbocycles. The Morgan fingerprint density at radius 3 is 2.71 bits per heavy atom. The zero-order valence-corrected chi connectivity index (χ0v) is 9.03. The van der Waals surface area contributed by atoms with Gasteiger partial charge in [0.1, 0.15) is 6.04 Å². The number of nitriles is 1. The van der Waals surface area contributed by atoms with Gasteiger partial charge < -0.3 is 5.32 Å². The van der Waals surface area contributed by atoms with E-state index in [2.05, 4.69) is 23.2 Å². The third-order valence-electron chi connectivity index (χ3n) is 3.91. The summed E-state index contributed by atoms with van der Waals surface area (Å²) in [6, 6.07) is 3.44. The summed E-state index contributed by atoms with van der Waals surface area (Å²) in [5.74, 6) is 0.915. The van der Waals surface area contributed by atoms with E-state index in [1.165, 1.54) is 25.8 Å². The van der Waals surface area contributed by atoms with Crippen LogP contribution in [-0.4, -0.2) is 36.6 Å². The highest BCUT2D eigenvalue weighted by atomic mass is 15.2. The Labute approximate surface area is 86.1 Å². The number of fused-ring (bicyclic) bond motifs is 2. The Bertz CT molecular complexity index is 245. The van der Waals surface area contributed by atoms with Crippen LogP contribution in [0.4, 0.5) is 0 Å². The van der Waals surface area contributed by atoms with Gasteiger partial charge in [0.2, 0.25) is 0 Å². The van der Waals surface area contributed by atoms with Crippen molar-refractivity contribution in [1.29, 1.82) is 5.26 Å². The maximum Gasteiger partial charge on any atom is 0.110 e. The standard InChI is InChI=1S/C11H19N3/c1-8(11(6-12)13-2)14-7-9-3-4-10(14)5-9/h8-11,13H,3-5,7H2,1-2H3. The van der Waals surface area contributed by atoms with Crippen LogP contribution < -0.4 is 5.32 Å². The van der Waals surface area contributed by atoms with Crippen molar-refractivity contribution in [3.8, 4) is 6.07 Å². The minimum absolute atomic E-state index is 0.0191. The van der Waals surface area contributed by atoms with Gasteiger partial charge in [-0.15, -0.1) is 0 Å². The lowest BCUT2D eigenvalue weighted by Gasteiger charge is -2.34. The second kappa shape index (κ2) is 3.88. The maximum atomic E-state index is 8.99. The van der Waals surface area contributed by atoms with Crippen LogP contribution in [0.1, 0.15) is 26.2 Å². The maximum absolute atomic E-state index is 8.99. The smallest absolute Gasteiger partial charge is 0.110 e. The molecular formula is C11H19N3. The van der Waals surface area contributed by atoms with Crippen LogP contribution in [0, 0.1) is 17.2 Å². The Morgan fingerprint density at radius 2 is 2.29 bits per heavy atom. The molecule has 1 saturated heterocycles. The molecule has 1 aliphatic heterocycles. The lowest BCUT2D eigenvalue weighted by Crippen LogP contribution is -2.49. The van der Waals surface area contributed by atoms with Crippen LogP contribution >= 0.6 is 0 Å². The van der Waals surface area contributed by atoms with Gasteiger partial charge in [-0.25, -0.2) is 0 Å². The predicted octanol–water partition coefficient (Wildman–Crippen LogP) is 0.971. The van der Waals surface area contributed by atoms with E-state index in [4.69, 9.17) is 5.26 Å². The average Bonchev–Trinajstić information content (AvgIpc) is 2.80. The summed E-state index contributed by atoms with van der Waals surface area (Å²) >= 11 is 0. The molecule has 0 radical (unpaired) electrons. The fourth-order valence-corrected chi connectivity index (χ4v) is 3.07. The number of hydrogen-bond donors (Lipinski definition) is 1. The third kappa shape index (κ3) is 1.53. The molecule has 4 unspecified atom stereocenters. The van der Waals surface area contributed by atoms with Crippen molar-refractivity contribution >= 4 is 0 Å². The van der Waals surface area contributed by atoms with E-state index in [-0.39, 0.29) is 6.04 Å². The van der Waals surface area contributed by atoms with E-state index in [1.807, 2.05) is 7.05 Å². The molecule has 0 spiro atoms. The summed E-state index contributed by atoms with van der Waals surface area (Å²) in [6.07, 6.45) is 4.12. The van der Waals surface area contributed by atoms with Crippen LogP contribution in [0.15, 0.2) is 0 Å². The molecule has 4 atom stereocenters. The number of nitrogens with one attached hydrogen (secondary N) is 1. The zero-order chi connectivity index (χ0) is 10.1. The second-order valence-electron chi connectivity index (χ2n) is 4.67. The van der Waals surface area contributed by atoms with Gasteiger partial charge in [-0.05, 0) is 39.2 Å². The number of piperidine rings is 1. The monoisotopic (exact) mass is 193 g/mol. The van der Waals surface area contributed by atoms with Crippen molar-refractivity contribution in [2.75, 3.05) is 13.6 Å². The van der Waals surface area contributed by atoms with Crippen molar-refractivity contribution in [2.45, 2.75) is 44.3 Å². The van der Waals surface area contributed by atoms with Gasteiger partial charge in [-0.2, -0.15) is 5.26 Å². The minimum Gasteiger partial charge on any atom is -0.304 e. The number of hydrogen-bond acceptors (Lipinski definition) is 3. The number of rotatable bonds is 3. The third-order valence-corrected chi connectivity index (χ3v) is 3.91. The SMILES string of the molecule is CNC(C#N)C(C)N1CC2CCC1C2. The Kier molecular flexibility index (Phi) is 2.76. The molecule has 14 heavy (non-hydrogen) atoms. The van der Waals surface area contributed by atoms with Crippen LogP contribution in [0.2, 0.25) is 0 Å². The lowest BCUT2D eigenvalue weighted by atomic mass is 10.0. The fraction of sp³-hybridized carbons (Fsp3) is 0.909. The molecule has 1 saturated carbocycles. The molecule has 78 valence electrons. The molecule has 1 aliphatic carbocycles. The summed E-state index contributed by atoms with van der Waals surface area (Å²) < 4.78 is 0. The molecule has 1 N–H and O–H groups in total. The van der Waals surface area contributed by atoms with Crippen molar-refractivity contribution < 1.29 is 0 Å². The molecular weight excluding hydrogens is 174 g/mol. The van der Waals surface area contributed by atoms with Gasteiger partial charge in [0.15, 0.2) is 0 Å². The van der Waals surface area contributed by atoms with Crippen LogP contribution in [0.25, 0.3) is 0 Å².